The molecule has 0 atom stereocenters. The molecular formula is C18H27BN2O3. The van der Waals surface area contributed by atoms with Gasteiger partial charge in [0.15, 0.2) is 0 Å². The summed E-state index contributed by atoms with van der Waals surface area (Å²) in [4.78, 5) is 16.7. The van der Waals surface area contributed by atoms with Crippen LogP contribution < -0.4 is 10.8 Å². The third kappa shape index (κ3) is 3.49. The summed E-state index contributed by atoms with van der Waals surface area (Å²) in [6, 6.07) is 2.11. The van der Waals surface area contributed by atoms with Crippen molar-refractivity contribution in [1.82, 2.24) is 10.3 Å². The lowest BCUT2D eigenvalue weighted by atomic mass is 9.79. The lowest BCUT2D eigenvalue weighted by Crippen LogP contribution is -2.41. The van der Waals surface area contributed by atoms with E-state index in [0.717, 1.165) is 18.3 Å². The molecule has 5 nitrogen and oxygen atoms in total. The zero-order chi connectivity index (χ0) is 17.4. The number of carbonyl (C=O) groups is 1. The Morgan fingerprint density at radius 3 is 2.38 bits per heavy atom. The van der Waals surface area contributed by atoms with Gasteiger partial charge in [0.05, 0.1) is 16.8 Å². The highest BCUT2D eigenvalue weighted by molar-refractivity contribution is 6.62. The number of nitrogens with one attached hydrogen (secondary N) is 1. The van der Waals surface area contributed by atoms with Crippen LogP contribution in [-0.2, 0) is 9.31 Å². The van der Waals surface area contributed by atoms with E-state index >= 15 is 0 Å². The molecule has 2 fully saturated rings. The van der Waals surface area contributed by atoms with E-state index in [1.165, 1.54) is 19.3 Å². The van der Waals surface area contributed by atoms with Gasteiger partial charge >= 0.3 is 7.12 Å². The molecule has 3 rings (SSSR count). The number of aromatic nitrogens is 1. The third-order valence-electron chi connectivity index (χ3n) is 5.49. The molecule has 0 unspecified atom stereocenters. The summed E-state index contributed by atoms with van der Waals surface area (Å²) in [7, 11) is -0.495. The molecule has 0 aromatic carbocycles. The maximum Gasteiger partial charge on any atom is 0.496 e. The van der Waals surface area contributed by atoms with Gasteiger partial charge in [0.2, 0.25) is 0 Å². The maximum absolute atomic E-state index is 12.5. The summed E-state index contributed by atoms with van der Waals surface area (Å²) in [5.74, 6) is -0.0623. The van der Waals surface area contributed by atoms with Crippen LogP contribution in [0.2, 0.25) is 0 Å². The minimum Gasteiger partial charge on any atom is -0.399 e. The van der Waals surface area contributed by atoms with Crippen molar-refractivity contribution >= 4 is 18.5 Å². The SMILES string of the molecule is CC1(C)OB(c2cncc(C(=O)NC3CCCCC3)c2)OC1(C)C. The molecule has 1 N–H and O–H groups in total. The van der Waals surface area contributed by atoms with Crippen molar-refractivity contribution in [2.45, 2.75) is 77.0 Å². The number of pyridine rings is 1. The van der Waals surface area contributed by atoms with Gasteiger partial charge in [-0.2, -0.15) is 0 Å². The van der Waals surface area contributed by atoms with Crippen LogP contribution in [0.4, 0.5) is 0 Å². The highest BCUT2D eigenvalue weighted by Gasteiger charge is 2.51. The van der Waals surface area contributed by atoms with E-state index in [2.05, 4.69) is 10.3 Å². The van der Waals surface area contributed by atoms with Gasteiger partial charge in [0.25, 0.3) is 5.91 Å². The highest BCUT2D eigenvalue weighted by atomic mass is 16.7. The van der Waals surface area contributed by atoms with Crippen molar-refractivity contribution in [1.29, 1.82) is 0 Å². The summed E-state index contributed by atoms with van der Waals surface area (Å²) in [5, 5.41) is 3.12. The molecule has 1 saturated heterocycles. The number of hydrogen-bond acceptors (Lipinski definition) is 4. The number of nitrogens with zero attached hydrogens (tertiary/aromatic N) is 1. The van der Waals surface area contributed by atoms with Crippen LogP contribution in [0, 0.1) is 0 Å². The first-order valence-electron chi connectivity index (χ1n) is 8.90. The van der Waals surface area contributed by atoms with Gasteiger partial charge in [-0.15, -0.1) is 0 Å². The van der Waals surface area contributed by atoms with E-state index in [-0.39, 0.29) is 11.9 Å². The summed E-state index contributed by atoms with van der Waals surface area (Å²) in [6.07, 6.45) is 9.10. The first-order chi connectivity index (χ1) is 11.3. The molecule has 0 spiro atoms. The average Bonchev–Trinajstić information content (AvgIpc) is 2.76. The van der Waals surface area contributed by atoms with Crippen molar-refractivity contribution in [2.24, 2.45) is 0 Å². The molecule has 1 aliphatic heterocycles. The Hall–Kier alpha value is -1.40. The molecule has 0 bridgehead atoms. The van der Waals surface area contributed by atoms with Crippen molar-refractivity contribution in [3.8, 4) is 0 Å². The van der Waals surface area contributed by atoms with Crippen LogP contribution in [0.5, 0.6) is 0 Å². The van der Waals surface area contributed by atoms with Crippen LogP contribution in [0.15, 0.2) is 18.5 Å². The van der Waals surface area contributed by atoms with Gasteiger partial charge in [-0.25, -0.2) is 0 Å². The van der Waals surface area contributed by atoms with Crippen molar-refractivity contribution in [3.05, 3.63) is 24.0 Å². The lowest BCUT2D eigenvalue weighted by Gasteiger charge is -2.32. The predicted octanol–water partition coefficient (Wildman–Crippen LogP) is 2.44. The van der Waals surface area contributed by atoms with Gasteiger partial charge in [-0.05, 0) is 46.6 Å². The Labute approximate surface area is 144 Å². The van der Waals surface area contributed by atoms with Crippen molar-refractivity contribution < 1.29 is 14.1 Å². The Bertz CT molecular complexity index is 596. The van der Waals surface area contributed by atoms with Gasteiger partial charge < -0.3 is 14.6 Å². The van der Waals surface area contributed by atoms with E-state index in [0.29, 0.717) is 5.56 Å². The first kappa shape index (κ1) is 17.4. The molecule has 1 amide bonds. The van der Waals surface area contributed by atoms with E-state index in [1.807, 2.05) is 33.8 Å². The molecule has 1 aromatic heterocycles. The van der Waals surface area contributed by atoms with Crippen molar-refractivity contribution in [2.75, 3.05) is 0 Å². The second kappa shape index (κ2) is 6.49. The average molecular weight is 330 g/mol. The molecule has 0 radical (unpaired) electrons. The summed E-state index contributed by atoms with van der Waals surface area (Å²) in [5.41, 5.74) is 0.536. The third-order valence-corrected chi connectivity index (χ3v) is 5.49. The van der Waals surface area contributed by atoms with Crippen LogP contribution in [0.1, 0.15) is 70.2 Å². The topological polar surface area (TPSA) is 60.5 Å². The monoisotopic (exact) mass is 330 g/mol. The molecule has 1 aliphatic carbocycles. The number of hydrogen-bond donors (Lipinski definition) is 1. The van der Waals surface area contributed by atoms with Crippen molar-refractivity contribution in [3.63, 3.8) is 0 Å². The normalized spacial score (nSPS) is 23.2. The van der Waals surface area contributed by atoms with Crippen LogP contribution in [0.25, 0.3) is 0 Å². The number of carbonyl (C=O) groups excluding carboxylic acids is 1. The smallest absolute Gasteiger partial charge is 0.399 e. The van der Waals surface area contributed by atoms with E-state index in [4.69, 9.17) is 9.31 Å². The molecule has 2 aliphatic rings. The van der Waals surface area contributed by atoms with Crippen LogP contribution in [-0.4, -0.2) is 35.3 Å². The quantitative estimate of drug-likeness (QED) is 0.865. The lowest BCUT2D eigenvalue weighted by molar-refractivity contribution is 0.00578. The van der Waals surface area contributed by atoms with Crippen LogP contribution >= 0.6 is 0 Å². The Morgan fingerprint density at radius 1 is 1.12 bits per heavy atom. The number of rotatable bonds is 3. The summed E-state index contributed by atoms with van der Waals surface area (Å²) in [6.45, 7) is 8.06. The Kier molecular flexibility index (Phi) is 4.71. The zero-order valence-electron chi connectivity index (χ0n) is 15.1. The molecule has 1 aromatic rings. The van der Waals surface area contributed by atoms with E-state index in [9.17, 15) is 4.79 Å². The minimum absolute atomic E-state index is 0.0623. The Morgan fingerprint density at radius 2 is 1.75 bits per heavy atom. The molecule has 1 saturated carbocycles. The fourth-order valence-corrected chi connectivity index (χ4v) is 3.21. The fraction of sp³-hybridized carbons (Fsp3) is 0.667. The highest BCUT2D eigenvalue weighted by Crippen LogP contribution is 2.36. The van der Waals surface area contributed by atoms with E-state index in [1.54, 1.807) is 12.4 Å². The fourth-order valence-electron chi connectivity index (χ4n) is 3.21. The molecule has 2 heterocycles. The largest absolute Gasteiger partial charge is 0.496 e. The van der Waals surface area contributed by atoms with Gasteiger partial charge in [0, 0.05) is 23.9 Å². The number of amides is 1. The van der Waals surface area contributed by atoms with Gasteiger partial charge in [-0.1, -0.05) is 19.3 Å². The second-order valence-electron chi connectivity index (χ2n) is 7.90. The Balaban J connectivity index is 1.71. The predicted molar refractivity (Wildman–Crippen MR) is 94.3 cm³/mol. The van der Waals surface area contributed by atoms with E-state index < -0.39 is 18.3 Å². The maximum atomic E-state index is 12.5. The first-order valence-corrected chi connectivity index (χ1v) is 8.90. The summed E-state index contributed by atoms with van der Waals surface area (Å²) >= 11 is 0. The van der Waals surface area contributed by atoms with Crippen LogP contribution in [0.3, 0.4) is 0 Å². The standard InChI is InChI=1S/C18H27BN2O3/c1-17(2)18(3,4)24-19(23-17)14-10-13(11-20-12-14)16(22)21-15-8-6-5-7-9-15/h10-12,15H,5-9H2,1-4H3,(H,21,22). The molecule has 24 heavy (non-hydrogen) atoms. The summed E-state index contributed by atoms with van der Waals surface area (Å²) < 4.78 is 12.1. The minimum atomic E-state index is -0.495. The molecule has 6 heteroatoms. The molecule has 130 valence electrons. The zero-order valence-corrected chi connectivity index (χ0v) is 15.1. The molecular weight excluding hydrogens is 303 g/mol. The second-order valence-corrected chi connectivity index (χ2v) is 7.90. The van der Waals surface area contributed by atoms with Gasteiger partial charge in [-0.3, -0.25) is 9.78 Å². The van der Waals surface area contributed by atoms with Gasteiger partial charge in [0.1, 0.15) is 0 Å².